The fourth-order valence-corrected chi connectivity index (χ4v) is 10.3. The number of rotatable bonds is 58. The third kappa shape index (κ3) is 52.6. The number of phosphoric acid groups is 2. The number of phosphoric ester groups is 2. The SMILES string of the molecule is CCCCCCCC(=O)OC[C@H](COP(=O)(O)OC[C@H](O)COP(=O)(O)OC[C@@H](COC(=O)CCCCCCCCC(C)CC)OC(=O)CCCCCCCCCCCCCC(C)C)OC(=O)CCCCCCCCC(C)CC. The van der Waals surface area contributed by atoms with Crippen molar-refractivity contribution in [3.63, 3.8) is 0 Å². The lowest BCUT2D eigenvalue weighted by Gasteiger charge is -2.21. The number of carbonyl (C=O) groups is 4. The van der Waals surface area contributed by atoms with Crippen LogP contribution in [0, 0.1) is 17.8 Å². The van der Waals surface area contributed by atoms with Gasteiger partial charge in [0.25, 0.3) is 0 Å². The van der Waals surface area contributed by atoms with Crippen molar-refractivity contribution in [3.8, 4) is 0 Å². The summed E-state index contributed by atoms with van der Waals surface area (Å²) in [4.78, 5) is 71.8. The lowest BCUT2D eigenvalue weighted by molar-refractivity contribution is -0.161. The van der Waals surface area contributed by atoms with Crippen molar-refractivity contribution >= 4 is 39.5 Å². The van der Waals surface area contributed by atoms with E-state index in [2.05, 4.69) is 48.5 Å². The largest absolute Gasteiger partial charge is 0.472 e. The summed E-state index contributed by atoms with van der Waals surface area (Å²) in [6.07, 6.45) is 31.1. The van der Waals surface area contributed by atoms with Crippen molar-refractivity contribution in [1.29, 1.82) is 0 Å². The van der Waals surface area contributed by atoms with Gasteiger partial charge in [-0.25, -0.2) is 9.13 Å². The lowest BCUT2D eigenvalue weighted by atomic mass is 10.00. The number of carbonyl (C=O) groups excluding carboxylic acids is 4. The van der Waals surface area contributed by atoms with E-state index < -0.39 is 97.5 Å². The quantitative estimate of drug-likeness (QED) is 0.0222. The molecule has 4 unspecified atom stereocenters. The summed E-state index contributed by atoms with van der Waals surface area (Å²) in [6.45, 7) is 11.6. The number of ether oxygens (including phenoxy) is 4. The van der Waals surface area contributed by atoms with Crippen molar-refractivity contribution in [1.82, 2.24) is 0 Å². The van der Waals surface area contributed by atoms with Crippen molar-refractivity contribution < 1.29 is 80.2 Å². The van der Waals surface area contributed by atoms with Crippen LogP contribution < -0.4 is 0 Å². The zero-order chi connectivity index (χ0) is 58.8. The molecule has 0 fully saturated rings. The molecule has 0 bridgehead atoms. The van der Waals surface area contributed by atoms with Crippen LogP contribution in [0.25, 0.3) is 0 Å². The molecule has 0 spiro atoms. The van der Waals surface area contributed by atoms with Gasteiger partial charge in [-0.2, -0.15) is 0 Å². The van der Waals surface area contributed by atoms with Gasteiger partial charge in [-0.05, 0) is 43.4 Å². The van der Waals surface area contributed by atoms with E-state index in [1.807, 2.05) is 0 Å². The molecule has 0 saturated carbocycles. The van der Waals surface area contributed by atoms with E-state index in [9.17, 15) is 43.2 Å². The molecule has 19 heteroatoms. The molecular formula is C60H116O17P2. The molecule has 0 heterocycles. The van der Waals surface area contributed by atoms with E-state index in [0.717, 1.165) is 120 Å². The molecule has 0 aromatic rings. The minimum atomic E-state index is -4.94. The Morgan fingerprint density at radius 2 is 0.646 bits per heavy atom. The van der Waals surface area contributed by atoms with Crippen LogP contribution in [0.4, 0.5) is 0 Å². The summed E-state index contributed by atoms with van der Waals surface area (Å²) in [5.74, 6) is 0.0616. The van der Waals surface area contributed by atoms with Crippen LogP contribution in [0.15, 0.2) is 0 Å². The van der Waals surface area contributed by atoms with Crippen molar-refractivity contribution in [2.45, 2.75) is 304 Å². The molecule has 0 radical (unpaired) electrons. The first-order chi connectivity index (χ1) is 37.8. The van der Waals surface area contributed by atoms with Crippen LogP contribution in [0.1, 0.15) is 286 Å². The van der Waals surface area contributed by atoms with Gasteiger partial charge < -0.3 is 33.8 Å². The van der Waals surface area contributed by atoms with Crippen LogP contribution in [-0.2, 0) is 65.4 Å². The first-order valence-electron chi connectivity index (χ1n) is 31.4. The molecule has 468 valence electrons. The molecule has 0 rings (SSSR count). The average molecular weight is 1170 g/mol. The minimum Gasteiger partial charge on any atom is -0.462 e. The molecule has 17 nitrogen and oxygen atoms in total. The third-order valence-electron chi connectivity index (χ3n) is 14.4. The van der Waals surface area contributed by atoms with Gasteiger partial charge >= 0.3 is 39.5 Å². The maximum Gasteiger partial charge on any atom is 0.472 e. The van der Waals surface area contributed by atoms with Crippen molar-refractivity contribution in [3.05, 3.63) is 0 Å². The maximum atomic E-state index is 12.9. The average Bonchev–Trinajstić information content (AvgIpc) is 3.41. The van der Waals surface area contributed by atoms with Gasteiger partial charge in [-0.3, -0.25) is 37.3 Å². The highest BCUT2D eigenvalue weighted by Crippen LogP contribution is 2.45. The van der Waals surface area contributed by atoms with E-state index in [1.54, 1.807) is 0 Å². The predicted molar refractivity (Wildman–Crippen MR) is 312 cm³/mol. The number of aliphatic hydroxyl groups is 1. The summed E-state index contributed by atoms with van der Waals surface area (Å²) in [7, 11) is -9.87. The summed E-state index contributed by atoms with van der Waals surface area (Å²) >= 11 is 0. The summed E-state index contributed by atoms with van der Waals surface area (Å²) in [5, 5.41) is 10.5. The van der Waals surface area contributed by atoms with Gasteiger partial charge in [-0.15, -0.1) is 0 Å². The number of hydrogen-bond acceptors (Lipinski definition) is 15. The second-order valence-corrected chi connectivity index (χ2v) is 25.6. The molecule has 7 atom stereocenters. The normalized spacial score (nSPS) is 15.2. The second kappa shape index (κ2) is 51.7. The molecule has 79 heavy (non-hydrogen) atoms. The van der Waals surface area contributed by atoms with E-state index in [-0.39, 0.29) is 25.7 Å². The van der Waals surface area contributed by atoms with Gasteiger partial charge in [0.1, 0.15) is 19.3 Å². The molecule has 0 aliphatic rings. The Hall–Kier alpha value is -1.94. The predicted octanol–water partition coefficient (Wildman–Crippen LogP) is 15.9. The van der Waals surface area contributed by atoms with Crippen LogP contribution in [0.5, 0.6) is 0 Å². The zero-order valence-electron chi connectivity index (χ0n) is 50.8. The minimum absolute atomic E-state index is 0.101. The first kappa shape index (κ1) is 77.1. The molecule has 0 aromatic heterocycles. The first-order valence-corrected chi connectivity index (χ1v) is 34.4. The van der Waals surface area contributed by atoms with Crippen LogP contribution in [0.3, 0.4) is 0 Å². The fourth-order valence-electron chi connectivity index (χ4n) is 8.71. The maximum absolute atomic E-state index is 12.9. The fraction of sp³-hybridized carbons (Fsp3) is 0.933. The number of esters is 4. The summed E-state index contributed by atoms with van der Waals surface area (Å²) in [5.41, 5.74) is 0. The highest BCUT2D eigenvalue weighted by molar-refractivity contribution is 7.47. The molecule has 0 amide bonds. The molecular weight excluding hydrogens is 1050 g/mol. The van der Waals surface area contributed by atoms with Gasteiger partial charge in [-0.1, -0.05) is 235 Å². The van der Waals surface area contributed by atoms with Crippen molar-refractivity contribution in [2.75, 3.05) is 39.6 Å². The molecule has 3 N–H and O–H groups in total. The van der Waals surface area contributed by atoms with Gasteiger partial charge in [0, 0.05) is 25.7 Å². The Morgan fingerprint density at radius 1 is 0.367 bits per heavy atom. The highest BCUT2D eigenvalue weighted by atomic mass is 31.2. The molecule has 0 aliphatic carbocycles. The second-order valence-electron chi connectivity index (χ2n) is 22.7. The molecule has 0 aliphatic heterocycles. The van der Waals surface area contributed by atoms with E-state index in [1.165, 1.54) is 83.5 Å². The number of aliphatic hydroxyl groups excluding tert-OH is 1. The standard InChI is InChI=1S/C60H116O17P2/c1-8-11-12-24-34-41-57(62)70-47-55(77-60(65)44-37-30-23-21-27-33-40-53(7)10-3)49-74-78(66,67)72-45-54(61)46-73-79(68,69)75-50-56(48-71-58(63)42-35-28-22-20-26-32-39-52(6)9-2)76-59(64)43-36-29-19-17-15-13-14-16-18-25-31-38-51(4)5/h51-56,61H,8-50H2,1-7H3,(H,66,67)(H,68,69)/t52?,53?,54-,55+,56+/m0/s1. The Bertz CT molecular complexity index is 1580. The molecule has 0 saturated heterocycles. The Labute approximate surface area is 479 Å². The van der Waals surface area contributed by atoms with E-state index in [0.29, 0.717) is 25.7 Å². The topological polar surface area (TPSA) is 237 Å². The van der Waals surface area contributed by atoms with Crippen LogP contribution in [-0.4, -0.2) is 96.7 Å². The van der Waals surface area contributed by atoms with Gasteiger partial charge in [0.2, 0.25) is 0 Å². The van der Waals surface area contributed by atoms with Crippen LogP contribution >= 0.6 is 15.6 Å². The molecule has 0 aromatic carbocycles. The monoisotopic (exact) mass is 1170 g/mol. The zero-order valence-corrected chi connectivity index (χ0v) is 52.6. The van der Waals surface area contributed by atoms with Gasteiger partial charge in [0.15, 0.2) is 12.2 Å². The third-order valence-corrected chi connectivity index (χ3v) is 16.3. The van der Waals surface area contributed by atoms with E-state index in [4.69, 9.17) is 37.0 Å². The highest BCUT2D eigenvalue weighted by Gasteiger charge is 2.30. The van der Waals surface area contributed by atoms with Crippen LogP contribution in [0.2, 0.25) is 0 Å². The Kier molecular flexibility index (Phi) is 50.4. The van der Waals surface area contributed by atoms with Gasteiger partial charge in [0.05, 0.1) is 26.4 Å². The lowest BCUT2D eigenvalue weighted by Crippen LogP contribution is -2.30. The number of hydrogen-bond donors (Lipinski definition) is 3. The summed E-state index contributed by atoms with van der Waals surface area (Å²) < 4.78 is 67.6. The van der Waals surface area contributed by atoms with E-state index >= 15 is 0 Å². The Morgan fingerprint density at radius 3 is 0.962 bits per heavy atom. The Balaban J connectivity index is 5.20. The smallest absolute Gasteiger partial charge is 0.462 e. The van der Waals surface area contributed by atoms with Crippen molar-refractivity contribution in [2.24, 2.45) is 17.8 Å². The summed E-state index contributed by atoms with van der Waals surface area (Å²) in [6, 6.07) is 0. The number of unbranched alkanes of at least 4 members (excludes halogenated alkanes) is 24.